The third-order valence-corrected chi connectivity index (χ3v) is 6.29. The summed E-state index contributed by atoms with van der Waals surface area (Å²) in [4.78, 5) is 19.4. The molecule has 1 atom stereocenters. The monoisotopic (exact) mass is 458 g/mol. The zero-order valence-corrected chi connectivity index (χ0v) is 19.3. The Bertz CT molecular complexity index is 1430. The molecule has 9 heteroatoms. The van der Waals surface area contributed by atoms with Crippen LogP contribution in [0.5, 0.6) is 5.75 Å². The second-order valence-electron chi connectivity index (χ2n) is 9.15. The van der Waals surface area contributed by atoms with E-state index in [1.807, 2.05) is 19.9 Å². The van der Waals surface area contributed by atoms with Crippen LogP contribution in [-0.4, -0.2) is 20.7 Å². The maximum absolute atomic E-state index is 14.3. The fourth-order valence-electron chi connectivity index (χ4n) is 4.66. The van der Waals surface area contributed by atoms with Gasteiger partial charge in [0.25, 0.3) is 0 Å². The lowest BCUT2D eigenvalue weighted by Crippen LogP contribution is -2.34. The first-order chi connectivity index (χ1) is 16.1. The van der Waals surface area contributed by atoms with E-state index in [1.54, 1.807) is 37.2 Å². The van der Waals surface area contributed by atoms with E-state index >= 15 is 0 Å². The first-order valence-corrected chi connectivity index (χ1v) is 10.8. The number of nitriles is 1. The van der Waals surface area contributed by atoms with Crippen molar-refractivity contribution in [3.63, 3.8) is 0 Å². The minimum atomic E-state index is -0.776. The third-order valence-electron chi connectivity index (χ3n) is 6.29. The van der Waals surface area contributed by atoms with Crippen LogP contribution in [-0.2, 0) is 18.3 Å². The maximum Gasteiger partial charge on any atom is 0.240 e. The van der Waals surface area contributed by atoms with Gasteiger partial charge in [0.2, 0.25) is 5.91 Å². The summed E-state index contributed by atoms with van der Waals surface area (Å²) in [5, 5.41) is 14.4. The number of nitrogens with two attached hydrogens (primary N) is 1. The van der Waals surface area contributed by atoms with Crippen molar-refractivity contribution in [2.45, 2.75) is 33.3 Å². The van der Waals surface area contributed by atoms with Crippen molar-refractivity contribution in [1.29, 1.82) is 5.26 Å². The molecule has 2 bridgehead atoms. The minimum Gasteiger partial charge on any atom is -0.482 e. The van der Waals surface area contributed by atoms with Crippen LogP contribution in [0.2, 0.25) is 0 Å². The Kier molecular flexibility index (Phi) is 4.72. The summed E-state index contributed by atoms with van der Waals surface area (Å²) in [6.45, 7) is 5.44. The van der Waals surface area contributed by atoms with Gasteiger partial charge in [-0.1, -0.05) is 0 Å². The number of hydrogen-bond acceptors (Lipinski definition) is 6. The van der Waals surface area contributed by atoms with E-state index < -0.39 is 17.3 Å². The highest BCUT2D eigenvalue weighted by atomic mass is 19.1. The van der Waals surface area contributed by atoms with Crippen molar-refractivity contribution in [3.05, 3.63) is 65.0 Å². The van der Waals surface area contributed by atoms with Crippen molar-refractivity contribution in [2.24, 2.45) is 12.5 Å². The fourth-order valence-corrected chi connectivity index (χ4v) is 4.66. The number of anilines is 2. The molecule has 0 spiro atoms. The number of aromatic nitrogens is 3. The van der Waals surface area contributed by atoms with E-state index in [0.717, 1.165) is 0 Å². The number of aryl methyl sites for hydroxylation is 1. The van der Waals surface area contributed by atoms with Crippen LogP contribution in [0, 0.1) is 22.6 Å². The van der Waals surface area contributed by atoms with E-state index in [1.165, 1.54) is 16.8 Å². The van der Waals surface area contributed by atoms with Crippen LogP contribution < -0.4 is 15.4 Å². The number of carbonyl (C=O) groups excluding carboxylic acids is 1. The van der Waals surface area contributed by atoms with Crippen molar-refractivity contribution in [2.75, 3.05) is 10.6 Å². The highest BCUT2D eigenvalue weighted by molar-refractivity contribution is 6.05. The standard InChI is InChI=1S/C25H23FN6O2/c1-13-17-8-15(26)5-6-19(17)32-16(10-25(2,3)24(32)33)9-18-22(20(11-27)31(4)30-18)14-7-21(34-13)23(28)29-12-14/h5-8,10,12-13H,9H2,1-4H3,(H2,28,29). The van der Waals surface area contributed by atoms with E-state index in [9.17, 15) is 14.4 Å². The van der Waals surface area contributed by atoms with Gasteiger partial charge in [-0.05, 0) is 51.1 Å². The lowest BCUT2D eigenvalue weighted by Gasteiger charge is -2.28. The number of hydrogen-bond donors (Lipinski definition) is 1. The molecule has 0 saturated heterocycles. The molecule has 0 saturated carbocycles. The molecule has 0 fully saturated rings. The number of pyridine rings is 1. The molecule has 0 aliphatic carbocycles. The zero-order valence-electron chi connectivity index (χ0n) is 19.3. The largest absolute Gasteiger partial charge is 0.482 e. The Labute approximate surface area is 196 Å². The van der Waals surface area contributed by atoms with E-state index in [0.29, 0.717) is 45.2 Å². The molecule has 8 nitrogen and oxygen atoms in total. The topological polar surface area (TPSA) is 110 Å². The number of halogens is 1. The van der Waals surface area contributed by atoms with Gasteiger partial charge in [-0.2, -0.15) is 10.4 Å². The van der Waals surface area contributed by atoms with Crippen molar-refractivity contribution >= 4 is 17.4 Å². The molecule has 2 N–H and O–H groups in total. The molecule has 5 rings (SSSR count). The Morgan fingerprint density at radius 3 is 2.82 bits per heavy atom. The van der Waals surface area contributed by atoms with Gasteiger partial charge >= 0.3 is 0 Å². The highest BCUT2D eigenvalue weighted by Crippen LogP contribution is 2.43. The van der Waals surface area contributed by atoms with Crippen LogP contribution in [0.3, 0.4) is 0 Å². The van der Waals surface area contributed by atoms with Gasteiger partial charge in [-0.15, -0.1) is 0 Å². The van der Waals surface area contributed by atoms with Crippen LogP contribution in [0.25, 0.3) is 11.1 Å². The first kappa shape index (κ1) is 21.6. The Hall–Kier alpha value is -4.19. The lowest BCUT2D eigenvalue weighted by atomic mass is 9.93. The number of ether oxygens (including phenoxy) is 1. The number of allylic oxidation sites excluding steroid dienone is 1. The fraction of sp³-hybridized carbons (Fsp3) is 0.280. The summed E-state index contributed by atoms with van der Waals surface area (Å²) >= 11 is 0. The molecule has 1 amide bonds. The third kappa shape index (κ3) is 3.22. The van der Waals surface area contributed by atoms with E-state index in [4.69, 9.17) is 10.5 Å². The van der Waals surface area contributed by atoms with Crippen molar-refractivity contribution in [3.8, 4) is 22.9 Å². The first-order valence-electron chi connectivity index (χ1n) is 10.8. The molecule has 0 radical (unpaired) electrons. The number of benzene rings is 1. The summed E-state index contributed by atoms with van der Waals surface area (Å²) < 4.78 is 22.0. The van der Waals surface area contributed by atoms with E-state index in [2.05, 4.69) is 16.2 Å². The van der Waals surface area contributed by atoms with Gasteiger partial charge in [-0.3, -0.25) is 14.4 Å². The van der Waals surface area contributed by atoms with Gasteiger partial charge in [0.1, 0.15) is 23.7 Å². The number of fused-ring (bicyclic) bond motifs is 7. The van der Waals surface area contributed by atoms with Gasteiger partial charge in [0.05, 0.1) is 16.8 Å². The Morgan fingerprint density at radius 2 is 2.09 bits per heavy atom. The number of rotatable bonds is 0. The van der Waals surface area contributed by atoms with Crippen LogP contribution >= 0.6 is 0 Å². The number of amides is 1. The van der Waals surface area contributed by atoms with Crippen molar-refractivity contribution in [1.82, 2.24) is 14.8 Å². The molecule has 172 valence electrons. The molecule has 3 aromatic rings. The molecule has 4 heterocycles. The smallest absolute Gasteiger partial charge is 0.240 e. The average molecular weight is 458 g/mol. The number of nitrogens with zero attached hydrogens (tertiary/aromatic N) is 5. The van der Waals surface area contributed by atoms with Crippen LogP contribution in [0.1, 0.15) is 43.8 Å². The summed E-state index contributed by atoms with van der Waals surface area (Å²) in [6, 6.07) is 8.21. The highest BCUT2D eigenvalue weighted by Gasteiger charge is 2.41. The number of nitrogen functional groups attached to an aromatic ring is 1. The molecule has 2 aliphatic heterocycles. The molecule has 2 aromatic heterocycles. The minimum absolute atomic E-state index is 0.141. The molecular weight excluding hydrogens is 435 g/mol. The Morgan fingerprint density at radius 1 is 1.32 bits per heavy atom. The van der Waals surface area contributed by atoms with Gasteiger partial charge in [-0.25, -0.2) is 9.37 Å². The van der Waals surface area contributed by atoms with Gasteiger partial charge in [0, 0.05) is 42.1 Å². The predicted octanol–water partition coefficient (Wildman–Crippen LogP) is 4.03. The van der Waals surface area contributed by atoms with Crippen molar-refractivity contribution < 1.29 is 13.9 Å². The van der Waals surface area contributed by atoms with Crippen LogP contribution in [0.4, 0.5) is 15.9 Å². The molecule has 1 unspecified atom stereocenters. The summed E-state index contributed by atoms with van der Waals surface area (Å²) in [5.74, 6) is -0.127. The number of carbonyl (C=O) groups is 1. The summed E-state index contributed by atoms with van der Waals surface area (Å²) in [7, 11) is 1.70. The second kappa shape index (κ2) is 7.42. The van der Waals surface area contributed by atoms with Gasteiger partial charge < -0.3 is 10.5 Å². The molecule has 1 aromatic carbocycles. The summed E-state index contributed by atoms with van der Waals surface area (Å²) in [5.41, 5.74) is 9.23. The second-order valence-corrected chi connectivity index (χ2v) is 9.15. The lowest BCUT2D eigenvalue weighted by molar-refractivity contribution is -0.123. The molecule has 34 heavy (non-hydrogen) atoms. The SMILES string of the molecule is CC1Oc2cc(cnc2N)-c2c(nn(C)c2C#N)CC2=CC(C)(C)C(=O)N2c2ccc(F)cc21. The average Bonchev–Trinajstić information content (AvgIpc) is 3.20. The normalized spacial score (nSPS) is 18.5. The molecular formula is C25H23FN6O2. The Balaban J connectivity index is 1.82. The summed E-state index contributed by atoms with van der Waals surface area (Å²) in [6.07, 6.45) is 3.11. The van der Waals surface area contributed by atoms with E-state index in [-0.39, 0.29) is 18.1 Å². The van der Waals surface area contributed by atoms with Crippen LogP contribution in [0.15, 0.2) is 42.2 Å². The maximum atomic E-state index is 14.3. The predicted molar refractivity (Wildman–Crippen MR) is 124 cm³/mol. The molecule has 2 aliphatic rings. The zero-order chi connectivity index (χ0) is 24.4. The quantitative estimate of drug-likeness (QED) is 0.545. The van der Waals surface area contributed by atoms with Gasteiger partial charge in [0.15, 0.2) is 11.6 Å².